The highest BCUT2D eigenvalue weighted by atomic mass is 15.2. The summed E-state index contributed by atoms with van der Waals surface area (Å²) in [5, 5.41) is 3.42. The minimum atomic E-state index is 0.752. The Kier molecular flexibility index (Phi) is 4.57. The number of nitrogens with one attached hydrogen (secondary N) is 1. The maximum Gasteiger partial charge on any atom is 0.0239 e. The molecule has 0 bridgehead atoms. The number of benzene rings is 1. The highest BCUT2D eigenvalue weighted by Gasteiger charge is 2.20. The van der Waals surface area contributed by atoms with Crippen LogP contribution in [0.3, 0.4) is 0 Å². The number of hydrogen-bond donors (Lipinski definition) is 1. The predicted molar refractivity (Wildman–Crippen MR) is 72.9 cm³/mol. The van der Waals surface area contributed by atoms with Crippen LogP contribution < -0.4 is 5.32 Å². The summed E-state index contributed by atoms with van der Waals surface area (Å²) < 4.78 is 0. The van der Waals surface area contributed by atoms with Crippen LogP contribution in [-0.4, -0.2) is 24.0 Å². The molecule has 0 aromatic heterocycles. The summed E-state index contributed by atoms with van der Waals surface area (Å²) >= 11 is 0. The van der Waals surface area contributed by atoms with Gasteiger partial charge in [-0.25, -0.2) is 0 Å². The highest BCUT2D eigenvalue weighted by molar-refractivity contribution is 5.27. The minimum Gasteiger partial charge on any atom is -0.313 e. The van der Waals surface area contributed by atoms with E-state index in [4.69, 9.17) is 0 Å². The topological polar surface area (TPSA) is 15.3 Å². The number of likely N-dealkylation sites (tertiary alicyclic amines) is 1. The Balaban J connectivity index is 2.03. The minimum absolute atomic E-state index is 0.752. The molecule has 2 heteroatoms. The van der Waals surface area contributed by atoms with Crippen molar-refractivity contribution in [3.05, 3.63) is 35.4 Å². The molecule has 0 saturated carbocycles. The largest absolute Gasteiger partial charge is 0.313 e. The number of hydrogen-bond acceptors (Lipinski definition) is 2. The molecule has 94 valence electrons. The summed E-state index contributed by atoms with van der Waals surface area (Å²) in [6.07, 6.45) is 2.71. The Morgan fingerprint density at radius 2 is 2.06 bits per heavy atom. The molecule has 1 aromatic rings. The first-order chi connectivity index (χ1) is 8.31. The zero-order chi connectivity index (χ0) is 12.1. The van der Waals surface area contributed by atoms with E-state index in [0.29, 0.717) is 0 Å². The maximum atomic E-state index is 3.42. The molecule has 0 radical (unpaired) electrons. The molecular weight excluding hydrogens is 208 g/mol. The van der Waals surface area contributed by atoms with Gasteiger partial charge >= 0.3 is 0 Å². The summed E-state index contributed by atoms with van der Waals surface area (Å²) in [6, 6.07) is 9.58. The van der Waals surface area contributed by atoms with E-state index in [1.165, 1.54) is 30.5 Å². The fraction of sp³-hybridized carbons (Fsp3) is 0.600. The molecule has 2 nitrogen and oxygen atoms in total. The molecule has 0 amide bonds. The lowest BCUT2D eigenvalue weighted by atomic mass is 10.1. The first-order valence-corrected chi connectivity index (χ1v) is 6.82. The zero-order valence-electron chi connectivity index (χ0n) is 11.1. The van der Waals surface area contributed by atoms with Gasteiger partial charge in [0.1, 0.15) is 0 Å². The van der Waals surface area contributed by atoms with Crippen molar-refractivity contribution in [2.75, 3.05) is 13.1 Å². The molecule has 1 aromatic carbocycles. The first kappa shape index (κ1) is 12.6. The quantitative estimate of drug-likeness (QED) is 0.840. The average molecular weight is 232 g/mol. The highest BCUT2D eigenvalue weighted by Crippen LogP contribution is 2.21. The summed E-state index contributed by atoms with van der Waals surface area (Å²) in [4.78, 5) is 2.60. The second-order valence-corrected chi connectivity index (χ2v) is 5.01. The second-order valence-electron chi connectivity index (χ2n) is 5.01. The first-order valence-electron chi connectivity index (χ1n) is 6.82. The summed E-state index contributed by atoms with van der Waals surface area (Å²) in [6.45, 7) is 8.91. The summed E-state index contributed by atoms with van der Waals surface area (Å²) in [5.41, 5.74) is 2.94. The molecule has 17 heavy (non-hydrogen) atoms. The van der Waals surface area contributed by atoms with E-state index in [9.17, 15) is 0 Å². The molecule has 1 heterocycles. The van der Waals surface area contributed by atoms with Gasteiger partial charge in [0.25, 0.3) is 0 Å². The lowest BCUT2D eigenvalue weighted by molar-refractivity contribution is 0.259. The molecule has 1 aliphatic heterocycles. The van der Waals surface area contributed by atoms with Crippen molar-refractivity contribution < 1.29 is 0 Å². The Morgan fingerprint density at radius 1 is 1.29 bits per heavy atom. The summed E-state index contributed by atoms with van der Waals surface area (Å²) in [7, 11) is 0. The van der Waals surface area contributed by atoms with Gasteiger partial charge in [-0.05, 0) is 44.0 Å². The average Bonchev–Trinajstić information content (AvgIpc) is 2.74. The lowest BCUT2D eigenvalue weighted by Crippen LogP contribution is -2.27. The predicted octanol–water partition coefficient (Wildman–Crippen LogP) is 2.78. The molecule has 1 atom stereocenters. The van der Waals surface area contributed by atoms with Crippen molar-refractivity contribution >= 4 is 0 Å². The van der Waals surface area contributed by atoms with E-state index >= 15 is 0 Å². The van der Waals surface area contributed by atoms with Crippen molar-refractivity contribution in [3.63, 3.8) is 0 Å². The van der Waals surface area contributed by atoms with E-state index in [1.54, 1.807) is 0 Å². The van der Waals surface area contributed by atoms with Crippen LogP contribution in [0.2, 0.25) is 0 Å². The molecular formula is C15H24N2. The zero-order valence-corrected chi connectivity index (χ0v) is 11.1. The molecule has 0 aliphatic carbocycles. The van der Waals surface area contributed by atoms with Crippen molar-refractivity contribution in [3.8, 4) is 0 Å². The van der Waals surface area contributed by atoms with E-state index in [2.05, 4.69) is 48.3 Å². The van der Waals surface area contributed by atoms with Crippen LogP contribution in [0.5, 0.6) is 0 Å². The Labute approximate surface area is 105 Å². The van der Waals surface area contributed by atoms with E-state index in [0.717, 1.165) is 25.7 Å². The third-order valence-corrected chi connectivity index (χ3v) is 3.75. The van der Waals surface area contributed by atoms with E-state index < -0.39 is 0 Å². The molecule has 1 N–H and O–H groups in total. The SMILES string of the molecule is CCNCc1ccccc1CN1CCCC1C. The Bertz CT molecular complexity index is 349. The number of nitrogens with zero attached hydrogens (tertiary/aromatic N) is 1. The van der Waals surface area contributed by atoms with Gasteiger partial charge in [-0.1, -0.05) is 31.2 Å². The van der Waals surface area contributed by atoms with Gasteiger partial charge in [-0.2, -0.15) is 0 Å². The third kappa shape index (κ3) is 3.30. The summed E-state index contributed by atoms with van der Waals surface area (Å²) in [5.74, 6) is 0. The van der Waals surface area contributed by atoms with Crippen LogP contribution in [0.25, 0.3) is 0 Å². The molecule has 1 saturated heterocycles. The fourth-order valence-electron chi connectivity index (χ4n) is 2.59. The fourth-order valence-corrected chi connectivity index (χ4v) is 2.59. The van der Waals surface area contributed by atoms with Gasteiger partial charge in [-0.15, -0.1) is 0 Å². The normalized spacial score (nSPS) is 20.9. The lowest BCUT2D eigenvalue weighted by Gasteiger charge is -2.22. The van der Waals surface area contributed by atoms with Gasteiger partial charge in [0.05, 0.1) is 0 Å². The van der Waals surface area contributed by atoms with Crippen molar-refractivity contribution in [1.29, 1.82) is 0 Å². The molecule has 1 aliphatic rings. The standard InChI is InChI=1S/C15H24N2/c1-3-16-11-14-8-4-5-9-15(14)12-17-10-6-7-13(17)2/h4-5,8-9,13,16H,3,6-7,10-12H2,1-2H3. The van der Waals surface area contributed by atoms with Crippen molar-refractivity contribution in [2.45, 2.75) is 45.8 Å². The third-order valence-electron chi connectivity index (χ3n) is 3.75. The maximum absolute atomic E-state index is 3.42. The molecule has 1 fully saturated rings. The van der Waals surface area contributed by atoms with Crippen LogP contribution in [0.4, 0.5) is 0 Å². The van der Waals surface area contributed by atoms with Gasteiger partial charge < -0.3 is 5.32 Å². The Morgan fingerprint density at radius 3 is 2.71 bits per heavy atom. The van der Waals surface area contributed by atoms with Crippen LogP contribution in [-0.2, 0) is 13.1 Å². The van der Waals surface area contributed by atoms with Crippen LogP contribution in [0.1, 0.15) is 37.8 Å². The van der Waals surface area contributed by atoms with E-state index in [1.807, 2.05) is 0 Å². The molecule has 2 rings (SSSR count). The van der Waals surface area contributed by atoms with Gasteiger partial charge in [0.15, 0.2) is 0 Å². The monoisotopic (exact) mass is 232 g/mol. The van der Waals surface area contributed by atoms with Crippen LogP contribution in [0.15, 0.2) is 24.3 Å². The van der Waals surface area contributed by atoms with Crippen molar-refractivity contribution in [1.82, 2.24) is 10.2 Å². The number of rotatable bonds is 5. The smallest absolute Gasteiger partial charge is 0.0239 e. The van der Waals surface area contributed by atoms with E-state index in [-0.39, 0.29) is 0 Å². The van der Waals surface area contributed by atoms with Crippen LogP contribution in [0, 0.1) is 0 Å². The van der Waals surface area contributed by atoms with Gasteiger partial charge in [0, 0.05) is 19.1 Å². The van der Waals surface area contributed by atoms with Gasteiger partial charge in [-0.3, -0.25) is 4.90 Å². The molecule has 1 unspecified atom stereocenters. The van der Waals surface area contributed by atoms with Gasteiger partial charge in [0.2, 0.25) is 0 Å². The van der Waals surface area contributed by atoms with Crippen molar-refractivity contribution in [2.24, 2.45) is 0 Å². The van der Waals surface area contributed by atoms with Crippen LogP contribution >= 0.6 is 0 Å². The Hall–Kier alpha value is -0.860. The molecule has 0 spiro atoms. The second kappa shape index (κ2) is 6.18.